The van der Waals surface area contributed by atoms with Crippen LogP contribution in [-0.2, 0) is 0 Å². The molecule has 0 aromatic carbocycles. The van der Waals surface area contributed by atoms with E-state index in [9.17, 15) is 0 Å². The quantitative estimate of drug-likeness (QED) is 0.900. The number of rotatable bonds is 3. The van der Waals surface area contributed by atoms with Crippen LogP contribution in [0.25, 0.3) is 10.1 Å². The Labute approximate surface area is 118 Å². The number of fused-ring (bicyclic) bond motifs is 1. The Kier molecular flexibility index (Phi) is 3.46. The fourth-order valence-corrected chi connectivity index (χ4v) is 3.64. The van der Waals surface area contributed by atoms with Crippen molar-refractivity contribution in [3.8, 4) is 0 Å². The van der Waals surface area contributed by atoms with Gasteiger partial charge in [0.15, 0.2) is 0 Å². The molecule has 1 aliphatic heterocycles. The van der Waals surface area contributed by atoms with Gasteiger partial charge in [-0.05, 0) is 42.3 Å². The highest BCUT2D eigenvalue weighted by Crippen LogP contribution is 2.31. The Balaban J connectivity index is 1.73. The molecule has 0 amide bonds. The van der Waals surface area contributed by atoms with E-state index in [1.165, 1.54) is 22.9 Å². The summed E-state index contributed by atoms with van der Waals surface area (Å²) in [5.74, 6) is 1.02. The van der Waals surface area contributed by atoms with E-state index < -0.39 is 0 Å². The Morgan fingerprint density at radius 2 is 2.37 bits per heavy atom. The summed E-state index contributed by atoms with van der Waals surface area (Å²) in [6.45, 7) is 6.77. The average molecular weight is 275 g/mol. The largest absolute Gasteiger partial charge is 0.368 e. The molecule has 0 saturated carbocycles. The molecule has 0 bridgehead atoms. The van der Waals surface area contributed by atoms with Crippen molar-refractivity contribution in [2.45, 2.75) is 32.7 Å². The van der Waals surface area contributed by atoms with Crippen LogP contribution in [0.4, 0.5) is 5.82 Å². The molecule has 1 saturated heterocycles. The summed E-state index contributed by atoms with van der Waals surface area (Å²) in [6, 6.07) is 4.74. The van der Waals surface area contributed by atoms with Crippen LogP contribution in [-0.4, -0.2) is 24.1 Å². The second-order valence-corrected chi connectivity index (χ2v) is 6.92. The first kappa shape index (κ1) is 12.9. The van der Waals surface area contributed by atoms with Crippen LogP contribution in [0.5, 0.6) is 0 Å². The van der Waals surface area contributed by atoms with E-state index in [0.717, 1.165) is 18.9 Å². The minimum Gasteiger partial charge on any atom is -0.368 e. The van der Waals surface area contributed by atoms with E-state index in [-0.39, 0.29) is 0 Å². The van der Waals surface area contributed by atoms with Gasteiger partial charge in [0, 0.05) is 28.9 Å². The maximum absolute atomic E-state index is 4.48. The Bertz CT molecular complexity index is 561. The second-order valence-electron chi connectivity index (χ2n) is 5.97. The summed E-state index contributed by atoms with van der Waals surface area (Å²) >= 11 is 1.77. The summed E-state index contributed by atoms with van der Waals surface area (Å²) in [4.78, 5) is 4.48. The molecule has 1 atom stereocenters. The van der Waals surface area contributed by atoms with E-state index >= 15 is 0 Å². The van der Waals surface area contributed by atoms with Gasteiger partial charge in [0.1, 0.15) is 5.82 Å². The van der Waals surface area contributed by atoms with Crippen LogP contribution in [0, 0.1) is 5.41 Å². The molecule has 1 fully saturated rings. The van der Waals surface area contributed by atoms with Gasteiger partial charge < -0.3 is 10.6 Å². The van der Waals surface area contributed by atoms with Gasteiger partial charge in [0.2, 0.25) is 0 Å². The molecule has 1 unspecified atom stereocenters. The number of piperidine rings is 1. The van der Waals surface area contributed by atoms with Crippen molar-refractivity contribution in [1.82, 2.24) is 10.3 Å². The third-order valence-electron chi connectivity index (χ3n) is 4.19. The van der Waals surface area contributed by atoms with E-state index in [0.29, 0.717) is 11.5 Å². The Morgan fingerprint density at radius 1 is 1.47 bits per heavy atom. The van der Waals surface area contributed by atoms with Gasteiger partial charge in [-0.1, -0.05) is 13.8 Å². The normalized spacial score (nSPS) is 22.5. The van der Waals surface area contributed by atoms with Crippen LogP contribution in [0.2, 0.25) is 0 Å². The lowest BCUT2D eigenvalue weighted by Gasteiger charge is -2.39. The highest BCUT2D eigenvalue weighted by atomic mass is 32.1. The lowest BCUT2D eigenvalue weighted by Crippen LogP contribution is -2.50. The number of pyridine rings is 1. The molecule has 4 heteroatoms. The van der Waals surface area contributed by atoms with E-state index in [4.69, 9.17) is 0 Å². The van der Waals surface area contributed by atoms with Crippen molar-refractivity contribution in [3.63, 3.8) is 0 Å². The minimum atomic E-state index is 0.355. The van der Waals surface area contributed by atoms with Gasteiger partial charge in [-0.25, -0.2) is 4.98 Å². The Hall–Kier alpha value is -1.13. The standard InChI is InChI=1S/C15H21N3S/c1-15(2)6-3-7-16-13(15)10-18-14-11-5-9-19-12(11)4-8-17-14/h4-5,8-9,13,16H,3,6-7,10H2,1-2H3,(H,17,18). The fraction of sp³-hybridized carbons (Fsp3) is 0.533. The molecule has 0 radical (unpaired) electrons. The minimum absolute atomic E-state index is 0.355. The molecule has 19 heavy (non-hydrogen) atoms. The van der Waals surface area contributed by atoms with Crippen molar-refractivity contribution in [1.29, 1.82) is 0 Å². The smallest absolute Gasteiger partial charge is 0.134 e. The third kappa shape index (κ3) is 2.60. The van der Waals surface area contributed by atoms with Crippen LogP contribution in [0.15, 0.2) is 23.7 Å². The van der Waals surface area contributed by atoms with Gasteiger partial charge in [-0.2, -0.15) is 0 Å². The predicted molar refractivity (Wildman–Crippen MR) is 82.9 cm³/mol. The van der Waals surface area contributed by atoms with Crippen molar-refractivity contribution in [2.24, 2.45) is 5.41 Å². The number of nitrogens with zero attached hydrogens (tertiary/aromatic N) is 1. The first-order valence-electron chi connectivity index (χ1n) is 6.96. The first-order valence-corrected chi connectivity index (χ1v) is 7.84. The molecular weight excluding hydrogens is 254 g/mol. The van der Waals surface area contributed by atoms with Crippen LogP contribution >= 0.6 is 11.3 Å². The van der Waals surface area contributed by atoms with E-state index in [2.05, 4.69) is 47.0 Å². The van der Waals surface area contributed by atoms with E-state index in [1.807, 2.05) is 6.20 Å². The summed E-state index contributed by atoms with van der Waals surface area (Å²) in [5, 5.41) is 10.5. The summed E-state index contributed by atoms with van der Waals surface area (Å²) < 4.78 is 1.30. The van der Waals surface area contributed by atoms with Gasteiger partial charge >= 0.3 is 0 Å². The highest BCUT2D eigenvalue weighted by Gasteiger charge is 2.31. The highest BCUT2D eigenvalue weighted by molar-refractivity contribution is 7.17. The number of nitrogens with one attached hydrogen (secondary N) is 2. The van der Waals surface area contributed by atoms with E-state index in [1.54, 1.807) is 11.3 Å². The Morgan fingerprint density at radius 3 is 3.21 bits per heavy atom. The van der Waals surface area contributed by atoms with Crippen molar-refractivity contribution < 1.29 is 0 Å². The van der Waals surface area contributed by atoms with Crippen LogP contribution < -0.4 is 10.6 Å². The van der Waals surface area contributed by atoms with Gasteiger partial charge in [0.05, 0.1) is 0 Å². The molecule has 102 valence electrons. The monoisotopic (exact) mass is 275 g/mol. The first-order chi connectivity index (χ1) is 9.17. The summed E-state index contributed by atoms with van der Waals surface area (Å²) in [7, 11) is 0. The number of thiophene rings is 1. The van der Waals surface area contributed by atoms with Gasteiger partial charge in [0.25, 0.3) is 0 Å². The van der Waals surface area contributed by atoms with Gasteiger partial charge in [-0.3, -0.25) is 0 Å². The van der Waals surface area contributed by atoms with Crippen molar-refractivity contribution in [2.75, 3.05) is 18.4 Å². The molecule has 3 nitrogen and oxygen atoms in total. The van der Waals surface area contributed by atoms with Crippen LogP contribution in [0.1, 0.15) is 26.7 Å². The SMILES string of the molecule is CC1(C)CCCNC1CNc1nccc2sccc12. The lowest BCUT2D eigenvalue weighted by atomic mass is 9.77. The average Bonchev–Trinajstić information content (AvgIpc) is 2.86. The molecule has 3 heterocycles. The fourth-order valence-electron chi connectivity index (χ4n) is 2.85. The number of aromatic nitrogens is 1. The van der Waals surface area contributed by atoms with Gasteiger partial charge in [-0.15, -0.1) is 11.3 Å². The van der Waals surface area contributed by atoms with Crippen LogP contribution in [0.3, 0.4) is 0 Å². The molecule has 2 aromatic rings. The lowest BCUT2D eigenvalue weighted by molar-refractivity contribution is 0.188. The summed E-state index contributed by atoms with van der Waals surface area (Å²) in [6.07, 6.45) is 4.46. The molecular formula is C15H21N3S. The third-order valence-corrected chi connectivity index (χ3v) is 5.07. The van der Waals surface area contributed by atoms with Crippen molar-refractivity contribution in [3.05, 3.63) is 23.7 Å². The molecule has 2 aromatic heterocycles. The maximum Gasteiger partial charge on any atom is 0.134 e. The summed E-state index contributed by atoms with van der Waals surface area (Å²) in [5.41, 5.74) is 0.355. The zero-order valence-corrected chi connectivity index (χ0v) is 12.4. The molecule has 2 N–H and O–H groups in total. The molecule has 3 rings (SSSR count). The predicted octanol–water partition coefficient (Wildman–Crippen LogP) is 3.49. The molecule has 1 aliphatic rings. The molecule has 0 spiro atoms. The number of anilines is 1. The zero-order valence-electron chi connectivity index (χ0n) is 11.6. The zero-order chi connectivity index (χ0) is 13.3. The number of hydrogen-bond donors (Lipinski definition) is 2. The maximum atomic E-state index is 4.48. The topological polar surface area (TPSA) is 37.0 Å². The van der Waals surface area contributed by atoms with Crippen molar-refractivity contribution >= 4 is 27.2 Å². The molecule has 0 aliphatic carbocycles. The number of hydrogen-bond acceptors (Lipinski definition) is 4. The second kappa shape index (κ2) is 5.10.